The molecule has 0 N–H and O–H groups in total. The van der Waals surface area contributed by atoms with Gasteiger partial charge in [0.05, 0.1) is 5.54 Å². The molecule has 2 atom stereocenters. The molecule has 1 heterocycles. The van der Waals surface area contributed by atoms with Crippen LogP contribution in [0.1, 0.15) is 56.2 Å². The Morgan fingerprint density at radius 2 is 1.08 bits per heavy atom. The predicted molar refractivity (Wildman–Crippen MR) is 212 cm³/mol. The Labute approximate surface area is 287 Å². The summed E-state index contributed by atoms with van der Waals surface area (Å²) in [5.74, 6) is 0. The van der Waals surface area contributed by atoms with Crippen LogP contribution >= 0.6 is 0 Å². The molecule has 9 aromatic carbocycles. The minimum absolute atomic E-state index is 0.0394. The van der Waals surface area contributed by atoms with E-state index in [-0.39, 0.29) is 11.0 Å². The van der Waals surface area contributed by atoms with Crippen LogP contribution in [0.5, 0.6) is 0 Å². The van der Waals surface area contributed by atoms with E-state index in [4.69, 9.17) is 0 Å². The Morgan fingerprint density at radius 1 is 0.490 bits per heavy atom. The van der Waals surface area contributed by atoms with E-state index in [2.05, 4.69) is 148 Å². The van der Waals surface area contributed by atoms with Crippen molar-refractivity contribution in [3.8, 4) is 11.1 Å². The van der Waals surface area contributed by atoms with Crippen LogP contribution in [-0.2, 0) is 5.41 Å². The fourth-order valence-corrected chi connectivity index (χ4v) is 10.8. The van der Waals surface area contributed by atoms with Crippen molar-refractivity contribution >= 4 is 76.0 Å². The minimum atomic E-state index is 0.0394. The maximum absolute atomic E-state index is 2.73. The van der Waals surface area contributed by atoms with E-state index in [0.29, 0.717) is 0 Å². The lowest BCUT2D eigenvalue weighted by Gasteiger charge is -2.50. The highest BCUT2D eigenvalue weighted by Crippen LogP contribution is 2.63. The molecule has 0 saturated heterocycles. The second-order valence-corrected chi connectivity index (χ2v) is 15.6. The summed E-state index contributed by atoms with van der Waals surface area (Å²) in [6.45, 7) is 9.85. The molecule has 1 saturated carbocycles. The Morgan fingerprint density at radius 3 is 1.78 bits per heavy atom. The highest BCUT2D eigenvalue weighted by atomic mass is 15.3. The zero-order chi connectivity index (χ0) is 32.8. The molecule has 11 rings (SSSR count). The van der Waals surface area contributed by atoms with Crippen molar-refractivity contribution in [2.24, 2.45) is 0 Å². The van der Waals surface area contributed by atoms with Gasteiger partial charge in [-0.05, 0) is 156 Å². The molecular weight excluding hydrogens is 591 g/mol. The molecule has 0 aromatic heterocycles. The molecular formula is C48H39N. The highest BCUT2D eigenvalue weighted by Gasteiger charge is 2.58. The second-order valence-electron chi connectivity index (χ2n) is 15.6. The molecule has 1 heteroatoms. The van der Waals surface area contributed by atoms with Gasteiger partial charge in [0.1, 0.15) is 0 Å². The number of hydrogen-bond donors (Lipinski definition) is 0. The van der Waals surface area contributed by atoms with Crippen LogP contribution < -0.4 is 4.90 Å². The molecule has 2 aliphatic rings. The van der Waals surface area contributed by atoms with E-state index >= 15 is 0 Å². The Kier molecular flexibility index (Phi) is 5.27. The average molecular weight is 630 g/mol. The van der Waals surface area contributed by atoms with E-state index in [1.807, 2.05) is 0 Å². The molecule has 0 amide bonds. The van der Waals surface area contributed by atoms with Gasteiger partial charge in [0.15, 0.2) is 0 Å². The van der Waals surface area contributed by atoms with Gasteiger partial charge in [0, 0.05) is 16.8 Å². The highest BCUT2D eigenvalue weighted by molar-refractivity contribution is 6.38. The Bertz CT molecular complexity index is 2740. The number of anilines is 2. The van der Waals surface area contributed by atoms with Crippen LogP contribution in [0.25, 0.3) is 75.8 Å². The van der Waals surface area contributed by atoms with Crippen LogP contribution in [0.4, 0.5) is 11.4 Å². The van der Waals surface area contributed by atoms with Crippen LogP contribution in [0.2, 0.25) is 0 Å². The van der Waals surface area contributed by atoms with Crippen molar-refractivity contribution in [1.82, 2.24) is 0 Å². The van der Waals surface area contributed by atoms with Crippen molar-refractivity contribution in [1.29, 1.82) is 0 Å². The van der Waals surface area contributed by atoms with Crippen molar-refractivity contribution < 1.29 is 0 Å². The van der Waals surface area contributed by atoms with Gasteiger partial charge in [0.2, 0.25) is 0 Å². The summed E-state index contributed by atoms with van der Waals surface area (Å²) in [7, 11) is 0. The van der Waals surface area contributed by atoms with Crippen LogP contribution in [0.15, 0.2) is 115 Å². The summed E-state index contributed by atoms with van der Waals surface area (Å²) >= 11 is 0. The zero-order valence-electron chi connectivity index (χ0n) is 28.7. The van der Waals surface area contributed by atoms with E-state index in [9.17, 15) is 0 Å². The maximum Gasteiger partial charge on any atom is 0.0518 e. The standard InChI is InChI=1S/C48H39N/c1-28-29(2)46-43(47(3)23-8-9-24-48(47,4)49(46)31-15-6-5-7-16-31)27-38(28)32-21-22-37-42-26-40-35-18-11-14-30-13-10-17-34(44(30)35)39(40)25-41(42)36-20-12-19-33(32)45(36)37/h5-7,10-22,25-27H,8-9,23-24H2,1-4H3. The first kappa shape index (κ1) is 27.8. The van der Waals surface area contributed by atoms with E-state index < -0.39 is 0 Å². The van der Waals surface area contributed by atoms with E-state index in [1.165, 1.54) is 130 Å². The molecule has 1 aliphatic heterocycles. The van der Waals surface area contributed by atoms with Crippen LogP contribution in [0.3, 0.4) is 0 Å². The third-order valence-corrected chi connectivity index (χ3v) is 13.5. The van der Waals surface area contributed by atoms with Crippen molar-refractivity contribution in [2.75, 3.05) is 4.90 Å². The topological polar surface area (TPSA) is 3.24 Å². The molecule has 0 radical (unpaired) electrons. The lowest BCUT2D eigenvalue weighted by atomic mass is 9.61. The number of benzene rings is 7. The molecule has 1 fully saturated rings. The predicted octanol–water partition coefficient (Wildman–Crippen LogP) is 13.5. The first-order valence-corrected chi connectivity index (χ1v) is 18.2. The Balaban J connectivity index is 1.18. The quantitative estimate of drug-likeness (QED) is 0.184. The fourth-order valence-electron chi connectivity index (χ4n) is 10.8. The van der Waals surface area contributed by atoms with Crippen molar-refractivity contribution in [3.05, 3.63) is 132 Å². The van der Waals surface area contributed by atoms with E-state index in [0.717, 1.165) is 0 Å². The van der Waals surface area contributed by atoms with Gasteiger partial charge in [-0.1, -0.05) is 105 Å². The molecule has 0 bridgehead atoms. The molecule has 2 unspecified atom stereocenters. The number of hydrogen-bond acceptors (Lipinski definition) is 1. The molecule has 0 spiro atoms. The SMILES string of the molecule is Cc1c(-c2ccc3c4cc5c(cc4c4cccc2c43)c2cccc3cccc5c32)cc2c(c1C)N(c1ccccc1)C1(C)CCCCC21C. The lowest BCUT2D eigenvalue weighted by Crippen LogP contribution is -2.54. The summed E-state index contributed by atoms with van der Waals surface area (Å²) in [6, 6.07) is 44.1. The van der Waals surface area contributed by atoms with Gasteiger partial charge in [-0.25, -0.2) is 0 Å². The Hall–Kier alpha value is -5.14. The fraction of sp³-hybridized carbons (Fsp3) is 0.208. The first-order valence-electron chi connectivity index (χ1n) is 18.2. The van der Waals surface area contributed by atoms with Gasteiger partial charge in [0.25, 0.3) is 0 Å². The van der Waals surface area contributed by atoms with Gasteiger partial charge in [-0.15, -0.1) is 0 Å². The third kappa shape index (κ3) is 3.27. The molecule has 236 valence electrons. The summed E-state index contributed by atoms with van der Waals surface area (Å²) in [5, 5.41) is 16.4. The molecule has 49 heavy (non-hydrogen) atoms. The first-order chi connectivity index (χ1) is 23.9. The number of para-hydroxylation sites is 1. The molecule has 1 nitrogen and oxygen atoms in total. The number of fused-ring (bicyclic) bond motifs is 9. The lowest BCUT2D eigenvalue weighted by molar-refractivity contribution is 0.195. The largest absolute Gasteiger partial charge is 0.334 e. The van der Waals surface area contributed by atoms with Crippen LogP contribution in [-0.4, -0.2) is 5.54 Å². The van der Waals surface area contributed by atoms with Gasteiger partial charge < -0.3 is 4.90 Å². The summed E-state index contributed by atoms with van der Waals surface area (Å²) in [4.78, 5) is 2.73. The third-order valence-electron chi connectivity index (χ3n) is 13.5. The smallest absolute Gasteiger partial charge is 0.0518 e. The number of rotatable bonds is 2. The minimum Gasteiger partial charge on any atom is -0.334 e. The van der Waals surface area contributed by atoms with Gasteiger partial charge >= 0.3 is 0 Å². The zero-order valence-corrected chi connectivity index (χ0v) is 28.7. The normalized spacial score (nSPS) is 20.9. The summed E-state index contributed by atoms with van der Waals surface area (Å²) in [5.41, 5.74) is 9.99. The summed E-state index contributed by atoms with van der Waals surface area (Å²) < 4.78 is 0. The van der Waals surface area contributed by atoms with Crippen molar-refractivity contribution in [2.45, 2.75) is 64.3 Å². The molecule has 9 aromatic rings. The second kappa shape index (κ2) is 9.30. The number of nitrogens with zero attached hydrogens (tertiary/aromatic N) is 1. The van der Waals surface area contributed by atoms with Gasteiger partial charge in [-0.2, -0.15) is 0 Å². The van der Waals surface area contributed by atoms with Crippen molar-refractivity contribution in [3.63, 3.8) is 0 Å². The van der Waals surface area contributed by atoms with Gasteiger partial charge in [-0.3, -0.25) is 0 Å². The molecule has 1 aliphatic carbocycles. The summed E-state index contributed by atoms with van der Waals surface area (Å²) in [6.07, 6.45) is 5.01. The average Bonchev–Trinajstić information content (AvgIpc) is 3.69. The van der Waals surface area contributed by atoms with E-state index in [1.54, 1.807) is 0 Å². The maximum atomic E-state index is 2.73. The van der Waals surface area contributed by atoms with Crippen LogP contribution in [0, 0.1) is 13.8 Å². The monoisotopic (exact) mass is 629 g/mol.